The van der Waals surface area contributed by atoms with Crippen LogP contribution in [-0.4, -0.2) is 18.0 Å². The lowest BCUT2D eigenvalue weighted by molar-refractivity contribution is -0.385. The van der Waals surface area contributed by atoms with Crippen LogP contribution in [0.15, 0.2) is 18.2 Å². The van der Waals surface area contributed by atoms with E-state index in [4.69, 9.17) is 0 Å². The van der Waals surface area contributed by atoms with E-state index >= 15 is 0 Å². The van der Waals surface area contributed by atoms with Gasteiger partial charge in [0.1, 0.15) is 5.82 Å². The number of nitrogens with zero attached hydrogens (tertiary/aromatic N) is 2. The standard InChI is InChI=1S/C13H17FN2O2/c1-13(2)3-5-15(6-4-13)11-7-10(14)8-12(9-11)16(17)18/h7-9H,3-6H2,1-2H3. The van der Waals surface area contributed by atoms with E-state index in [0.717, 1.165) is 32.0 Å². The molecule has 0 N–H and O–H groups in total. The maximum Gasteiger partial charge on any atom is 0.274 e. The fraction of sp³-hybridized carbons (Fsp3) is 0.538. The SMILES string of the molecule is CC1(C)CCN(c2cc(F)cc([N+](=O)[O-])c2)CC1. The van der Waals surface area contributed by atoms with Gasteiger partial charge in [-0.15, -0.1) is 0 Å². The summed E-state index contributed by atoms with van der Waals surface area (Å²) in [5.74, 6) is -0.552. The molecule has 0 saturated carbocycles. The van der Waals surface area contributed by atoms with Crippen LogP contribution in [0.25, 0.3) is 0 Å². The van der Waals surface area contributed by atoms with Crippen LogP contribution in [0.4, 0.5) is 15.8 Å². The van der Waals surface area contributed by atoms with Crippen LogP contribution in [-0.2, 0) is 0 Å². The van der Waals surface area contributed by atoms with Gasteiger partial charge in [-0.1, -0.05) is 13.8 Å². The van der Waals surface area contributed by atoms with Gasteiger partial charge in [-0.3, -0.25) is 10.1 Å². The van der Waals surface area contributed by atoms with Crippen molar-refractivity contribution in [1.29, 1.82) is 0 Å². The normalized spacial score (nSPS) is 18.7. The van der Waals surface area contributed by atoms with Crippen LogP contribution in [0.1, 0.15) is 26.7 Å². The van der Waals surface area contributed by atoms with Gasteiger partial charge in [-0.05, 0) is 24.3 Å². The molecule has 18 heavy (non-hydrogen) atoms. The minimum Gasteiger partial charge on any atom is -0.371 e. The van der Waals surface area contributed by atoms with Crippen molar-refractivity contribution >= 4 is 11.4 Å². The molecule has 1 fully saturated rings. The van der Waals surface area contributed by atoms with E-state index in [-0.39, 0.29) is 5.69 Å². The first-order valence-electron chi connectivity index (χ1n) is 6.07. The average Bonchev–Trinajstić information content (AvgIpc) is 2.28. The Labute approximate surface area is 106 Å². The fourth-order valence-corrected chi connectivity index (χ4v) is 2.22. The molecule has 0 radical (unpaired) electrons. The number of hydrogen-bond donors (Lipinski definition) is 0. The summed E-state index contributed by atoms with van der Waals surface area (Å²) < 4.78 is 13.4. The van der Waals surface area contributed by atoms with Crippen molar-refractivity contribution in [1.82, 2.24) is 0 Å². The molecule has 1 aliphatic rings. The molecular formula is C13H17FN2O2. The highest BCUT2D eigenvalue weighted by molar-refractivity contribution is 5.54. The van der Waals surface area contributed by atoms with E-state index in [1.54, 1.807) is 0 Å². The second-order valence-corrected chi connectivity index (χ2v) is 5.58. The van der Waals surface area contributed by atoms with Crippen LogP contribution in [0.5, 0.6) is 0 Å². The van der Waals surface area contributed by atoms with Crippen LogP contribution < -0.4 is 4.90 Å². The summed E-state index contributed by atoms with van der Waals surface area (Å²) in [6, 6.07) is 3.77. The number of nitro benzene ring substituents is 1. The third-order valence-corrected chi connectivity index (χ3v) is 3.56. The molecule has 1 aliphatic heterocycles. The summed E-state index contributed by atoms with van der Waals surface area (Å²) in [6.45, 7) is 6.04. The molecule has 0 spiro atoms. The number of non-ortho nitro benzene ring substituents is 1. The number of nitro groups is 1. The molecule has 1 heterocycles. The van der Waals surface area contributed by atoms with Gasteiger partial charge >= 0.3 is 0 Å². The Hall–Kier alpha value is -1.65. The summed E-state index contributed by atoms with van der Waals surface area (Å²) in [5, 5.41) is 10.7. The molecule has 1 aromatic carbocycles. The van der Waals surface area contributed by atoms with Crippen molar-refractivity contribution in [3.05, 3.63) is 34.1 Å². The van der Waals surface area contributed by atoms with Crippen molar-refractivity contribution in [2.45, 2.75) is 26.7 Å². The van der Waals surface area contributed by atoms with E-state index in [2.05, 4.69) is 13.8 Å². The number of halogens is 1. The zero-order valence-corrected chi connectivity index (χ0v) is 10.6. The molecule has 0 bridgehead atoms. The molecule has 0 aliphatic carbocycles. The lowest BCUT2D eigenvalue weighted by Gasteiger charge is -2.38. The maximum atomic E-state index is 13.4. The van der Waals surface area contributed by atoms with E-state index in [0.29, 0.717) is 11.1 Å². The summed E-state index contributed by atoms with van der Waals surface area (Å²) in [5.41, 5.74) is 0.725. The molecule has 0 unspecified atom stereocenters. The summed E-state index contributed by atoms with van der Waals surface area (Å²) in [4.78, 5) is 12.2. The van der Waals surface area contributed by atoms with Crippen LogP contribution in [0.3, 0.4) is 0 Å². The Morgan fingerprint density at radius 2 is 1.89 bits per heavy atom. The number of rotatable bonds is 2. The van der Waals surface area contributed by atoms with Crippen molar-refractivity contribution in [2.75, 3.05) is 18.0 Å². The second kappa shape index (κ2) is 4.55. The summed E-state index contributed by atoms with van der Waals surface area (Å²) >= 11 is 0. The Kier molecular flexibility index (Phi) is 3.24. The molecule has 0 amide bonds. The Morgan fingerprint density at radius 3 is 2.44 bits per heavy atom. The second-order valence-electron chi connectivity index (χ2n) is 5.58. The summed E-state index contributed by atoms with van der Waals surface area (Å²) in [7, 11) is 0. The molecular weight excluding hydrogens is 235 g/mol. The van der Waals surface area contributed by atoms with Gasteiger partial charge < -0.3 is 4.90 Å². The molecule has 98 valence electrons. The van der Waals surface area contributed by atoms with Crippen LogP contribution in [0.2, 0.25) is 0 Å². The number of anilines is 1. The van der Waals surface area contributed by atoms with Gasteiger partial charge in [0.25, 0.3) is 5.69 Å². The largest absolute Gasteiger partial charge is 0.371 e. The molecule has 0 aromatic heterocycles. The first-order valence-corrected chi connectivity index (χ1v) is 6.07. The Bertz CT molecular complexity index is 464. The van der Waals surface area contributed by atoms with Gasteiger partial charge in [0.15, 0.2) is 0 Å². The third-order valence-electron chi connectivity index (χ3n) is 3.56. The first-order chi connectivity index (χ1) is 8.37. The lowest BCUT2D eigenvalue weighted by atomic mass is 9.82. The van der Waals surface area contributed by atoms with E-state index in [9.17, 15) is 14.5 Å². The molecule has 2 rings (SSSR count). The van der Waals surface area contributed by atoms with Gasteiger partial charge in [-0.25, -0.2) is 4.39 Å². The molecule has 5 heteroatoms. The van der Waals surface area contributed by atoms with Gasteiger partial charge in [0.05, 0.1) is 11.0 Å². The summed E-state index contributed by atoms with van der Waals surface area (Å²) in [6.07, 6.45) is 2.02. The first kappa shape index (κ1) is 12.8. The van der Waals surface area contributed by atoms with E-state index in [1.807, 2.05) is 4.90 Å². The minimum absolute atomic E-state index is 0.185. The average molecular weight is 252 g/mol. The van der Waals surface area contributed by atoms with Crippen molar-refractivity contribution < 1.29 is 9.31 Å². The smallest absolute Gasteiger partial charge is 0.274 e. The maximum absolute atomic E-state index is 13.4. The number of piperidine rings is 1. The van der Waals surface area contributed by atoms with E-state index < -0.39 is 10.7 Å². The quantitative estimate of drug-likeness (QED) is 0.599. The van der Waals surface area contributed by atoms with Crippen LogP contribution >= 0.6 is 0 Å². The highest BCUT2D eigenvalue weighted by Crippen LogP contribution is 2.33. The topological polar surface area (TPSA) is 46.4 Å². The van der Waals surface area contributed by atoms with Gasteiger partial charge in [0, 0.05) is 24.8 Å². The Morgan fingerprint density at radius 1 is 1.28 bits per heavy atom. The lowest BCUT2D eigenvalue weighted by Crippen LogP contribution is -2.37. The predicted molar refractivity (Wildman–Crippen MR) is 68.3 cm³/mol. The molecule has 4 nitrogen and oxygen atoms in total. The fourth-order valence-electron chi connectivity index (χ4n) is 2.22. The molecule has 1 saturated heterocycles. The highest BCUT2D eigenvalue weighted by atomic mass is 19.1. The van der Waals surface area contributed by atoms with Crippen molar-refractivity contribution in [3.8, 4) is 0 Å². The molecule has 1 aromatic rings. The highest BCUT2D eigenvalue weighted by Gasteiger charge is 2.26. The van der Waals surface area contributed by atoms with Crippen molar-refractivity contribution in [3.63, 3.8) is 0 Å². The monoisotopic (exact) mass is 252 g/mol. The predicted octanol–water partition coefficient (Wildman–Crippen LogP) is 3.36. The third kappa shape index (κ3) is 2.78. The zero-order chi connectivity index (χ0) is 13.3. The van der Waals surface area contributed by atoms with Gasteiger partial charge in [0.2, 0.25) is 0 Å². The molecule has 0 atom stereocenters. The van der Waals surface area contributed by atoms with E-state index in [1.165, 1.54) is 12.1 Å². The minimum atomic E-state index is -0.555. The number of hydrogen-bond acceptors (Lipinski definition) is 3. The zero-order valence-electron chi connectivity index (χ0n) is 10.6. The van der Waals surface area contributed by atoms with Crippen LogP contribution in [0, 0.1) is 21.3 Å². The van der Waals surface area contributed by atoms with Crippen molar-refractivity contribution in [2.24, 2.45) is 5.41 Å². The Balaban J connectivity index is 2.21. The number of benzene rings is 1. The van der Waals surface area contributed by atoms with Gasteiger partial charge in [-0.2, -0.15) is 0 Å².